The number of primary amides is 1. The first-order valence-corrected chi connectivity index (χ1v) is 11.1. The van der Waals surface area contributed by atoms with Gasteiger partial charge in [0, 0.05) is 37.9 Å². The third-order valence-corrected chi connectivity index (χ3v) is 7.01. The van der Waals surface area contributed by atoms with Gasteiger partial charge in [-0.3, -0.25) is 9.59 Å². The fraction of sp³-hybridized carbons (Fsp3) is 0.526. The smallest absolute Gasteiger partial charge is 0.239 e. The highest BCUT2D eigenvalue weighted by Gasteiger charge is 2.43. The number of piperidine rings is 1. The summed E-state index contributed by atoms with van der Waals surface area (Å²) in [4.78, 5) is 29.4. The van der Waals surface area contributed by atoms with Crippen LogP contribution in [0.3, 0.4) is 0 Å². The summed E-state index contributed by atoms with van der Waals surface area (Å²) in [5.41, 5.74) is 6.73. The molecule has 2 aromatic rings. The summed E-state index contributed by atoms with van der Waals surface area (Å²) in [6.45, 7) is 4.95. The van der Waals surface area contributed by atoms with Crippen molar-refractivity contribution in [1.82, 2.24) is 20.5 Å². The van der Waals surface area contributed by atoms with E-state index in [2.05, 4.69) is 30.7 Å². The van der Waals surface area contributed by atoms with E-state index in [1.54, 1.807) is 26.1 Å². The van der Waals surface area contributed by atoms with Gasteiger partial charge in [-0.1, -0.05) is 22.9 Å². The lowest BCUT2D eigenvalue weighted by atomic mass is 9.92. The largest absolute Gasteiger partial charge is 0.373 e. The maximum atomic E-state index is 11.5. The molecular weight excluding hydrogens is 426 g/mol. The molecule has 11 heteroatoms. The number of nitrogens with one attached hydrogen (secondary N) is 2. The predicted molar refractivity (Wildman–Crippen MR) is 116 cm³/mol. The van der Waals surface area contributed by atoms with Crippen LogP contribution in [0.2, 0.25) is 5.15 Å². The van der Waals surface area contributed by atoms with Gasteiger partial charge < -0.3 is 21.3 Å². The van der Waals surface area contributed by atoms with Crippen molar-refractivity contribution in [2.75, 3.05) is 23.3 Å². The highest BCUT2D eigenvalue weighted by Crippen LogP contribution is 2.41. The van der Waals surface area contributed by atoms with Gasteiger partial charge in [-0.25, -0.2) is 4.98 Å². The quantitative estimate of drug-likeness (QED) is 0.575. The van der Waals surface area contributed by atoms with Gasteiger partial charge in [-0.15, -0.1) is 10.2 Å². The van der Waals surface area contributed by atoms with Gasteiger partial charge >= 0.3 is 0 Å². The van der Waals surface area contributed by atoms with E-state index in [4.69, 9.17) is 17.3 Å². The summed E-state index contributed by atoms with van der Waals surface area (Å²) in [5.74, 6) is 0.407. The van der Waals surface area contributed by atoms with Crippen LogP contribution in [0.25, 0.3) is 10.6 Å². The molecule has 2 aliphatic rings. The molecule has 4 rings (SSSR count). The molecule has 1 aliphatic heterocycles. The van der Waals surface area contributed by atoms with Crippen LogP contribution in [0.5, 0.6) is 0 Å². The van der Waals surface area contributed by atoms with Crippen LogP contribution in [-0.2, 0) is 9.59 Å². The summed E-state index contributed by atoms with van der Waals surface area (Å²) >= 11 is 7.52. The van der Waals surface area contributed by atoms with E-state index in [9.17, 15) is 9.59 Å². The van der Waals surface area contributed by atoms with Gasteiger partial charge in [-0.05, 0) is 37.7 Å². The Hall–Kier alpha value is -2.46. The zero-order valence-corrected chi connectivity index (χ0v) is 18.3. The van der Waals surface area contributed by atoms with Crippen LogP contribution in [0.1, 0.15) is 26.7 Å². The van der Waals surface area contributed by atoms with Crippen molar-refractivity contribution >= 4 is 45.6 Å². The number of aromatic nitrogens is 3. The van der Waals surface area contributed by atoms with Crippen molar-refractivity contribution in [1.29, 1.82) is 0 Å². The number of carbonyl (C=O) groups is 2. The Morgan fingerprint density at radius 1 is 1.30 bits per heavy atom. The van der Waals surface area contributed by atoms with E-state index in [1.807, 2.05) is 0 Å². The van der Waals surface area contributed by atoms with Crippen LogP contribution < -0.4 is 21.3 Å². The second-order valence-corrected chi connectivity index (χ2v) is 9.28. The maximum Gasteiger partial charge on any atom is 0.239 e. The minimum absolute atomic E-state index is 0.0315. The van der Waals surface area contributed by atoms with E-state index >= 15 is 0 Å². The van der Waals surface area contributed by atoms with Crippen molar-refractivity contribution in [2.24, 2.45) is 17.6 Å². The minimum Gasteiger partial charge on any atom is -0.373 e. The average molecular weight is 450 g/mol. The van der Waals surface area contributed by atoms with Crippen LogP contribution in [0, 0.1) is 11.8 Å². The van der Waals surface area contributed by atoms with Gasteiger partial charge in [0.25, 0.3) is 0 Å². The lowest BCUT2D eigenvalue weighted by Gasteiger charge is -2.37. The first-order valence-electron chi connectivity index (χ1n) is 9.89. The molecule has 3 atom stereocenters. The van der Waals surface area contributed by atoms with Gasteiger partial charge in [0.1, 0.15) is 11.2 Å². The van der Waals surface area contributed by atoms with E-state index in [1.165, 1.54) is 11.3 Å². The number of rotatable bonds is 6. The molecule has 1 saturated carbocycles. The maximum absolute atomic E-state index is 11.5. The Morgan fingerprint density at radius 2 is 2.00 bits per heavy atom. The monoisotopic (exact) mass is 449 g/mol. The molecule has 2 fully saturated rings. The van der Waals surface area contributed by atoms with Crippen LogP contribution in [0.4, 0.5) is 10.8 Å². The summed E-state index contributed by atoms with van der Waals surface area (Å²) in [6.07, 6.45) is 3.84. The molecule has 9 nitrogen and oxygen atoms in total. The normalized spacial score (nSPS) is 23.8. The van der Waals surface area contributed by atoms with Crippen molar-refractivity contribution in [3.8, 4) is 10.6 Å². The standard InChI is InChI=1S/C19H24ClN7O2S/c1-9(17(21)29)23-14-5-15(20)22-6-13(14)18-25-26-19(30-18)27-7-11-3-4-12(8-27)16(11)24-10(2)28/h5-6,9,11-12,16H,3-4,7-8H2,1-2H3,(H2,21,29)(H,22,23)(H,24,28)/t9-,11-,12-/m1/s1. The Kier molecular flexibility index (Phi) is 5.79. The van der Waals surface area contributed by atoms with E-state index in [0.29, 0.717) is 33.2 Å². The molecule has 0 unspecified atom stereocenters. The van der Waals surface area contributed by atoms with E-state index in [-0.39, 0.29) is 11.9 Å². The first kappa shape index (κ1) is 20.8. The summed E-state index contributed by atoms with van der Waals surface area (Å²) in [6, 6.07) is 1.33. The number of hydrogen-bond acceptors (Lipinski definition) is 8. The number of anilines is 2. The molecule has 2 bridgehead atoms. The number of amides is 2. The van der Waals surface area contributed by atoms with Crippen molar-refractivity contribution in [3.63, 3.8) is 0 Å². The number of fused-ring (bicyclic) bond motifs is 2. The highest BCUT2D eigenvalue weighted by atomic mass is 35.5. The second kappa shape index (κ2) is 8.35. The summed E-state index contributed by atoms with van der Waals surface area (Å²) in [5, 5.41) is 16.8. The molecule has 30 heavy (non-hydrogen) atoms. The lowest BCUT2D eigenvalue weighted by molar-refractivity contribution is -0.120. The fourth-order valence-electron chi connectivity index (χ4n) is 4.33. The van der Waals surface area contributed by atoms with Crippen molar-refractivity contribution in [3.05, 3.63) is 17.4 Å². The first-order chi connectivity index (χ1) is 14.3. The average Bonchev–Trinajstić information content (AvgIpc) is 3.23. The number of pyridine rings is 1. The van der Waals surface area contributed by atoms with Crippen LogP contribution in [0.15, 0.2) is 12.3 Å². The highest BCUT2D eigenvalue weighted by molar-refractivity contribution is 7.18. The number of halogens is 1. The molecular formula is C19H24ClN7O2S. The molecule has 0 spiro atoms. The zero-order chi connectivity index (χ0) is 21.4. The van der Waals surface area contributed by atoms with Gasteiger partial charge in [0.2, 0.25) is 16.9 Å². The van der Waals surface area contributed by atoms with Crippen molar-refractivity contribution < 1.29 is 9.59 Å². The summed E-state index contributed by atoms with van der Waals surface area (Å²) < 4.78 is 0. The molecule has 0 aromatic carbocycles. The minimum atomic E-state index is -0.571. The molecule has 4 N–H and O–H groups in total. The van der Waals surface area contributed by atoms with Gasteiger partial charge in [0.05, 0.1) is 5.56 Å². The Balaban J connectivity index is 1.54. The summed E-state index contributed by atoms with van der Waals surface area (Å²) in [7, 11) is 0. The molecule has 1 saturated heterocycles. The molecule has 0 radical (unpaired) electrons. The Bertz CT molecular complexity index is 954. The second-order valence-electron chi connectivity index (χ2n) is 7.94. The number of nitrogens with two attached hydrogens (primary N) is 1. The molecule has 2 aromatic heterocycles. The van der Waals surface area contributed by atoms with E-state index in [0.717, 1.165) is 31.1 Å². The lowest BCUT2D eigenvalue weighted by Crippen LogP contribution is -2.52. The fourth-order valence-corrected chi connectivity index (χ4v) is 5.37. The van der Waals surface area contributed by atoms with Crippen LogP contribution >= 0.6 is 22.9 Å². The molecule has 160 valence electrons. The van der Waals surface area contributed by atoms with Crippen molar-refractivity contribution in [2.45, 2.75) is 38.8 Å². The Labute approximate surface area is 183 Å². The number of carbonyl (C=O) groups excluding carboxylic acids is 2. The van der Waals surface area contributed by atoms with E-state index < -0.39 is 11.9 Å². The third kappa shape index (κ3) is 4.20. The van der Waals surface area contributed by atoms with Gasteiger partial charge in [-0.2, -0.15) is 0 Å². The zero-order valence-electron chi connectivity index (χ0n) is 16.8. The number of hydrogen-bond donors (Lipinski definition) is 3. The van der Waals surface area contributed by atoms with Crippen LogP contribution in [-0.4, -0.2) is 52.2 Å². The number of nitrogens with zero attached hydrogens (tertiary/aromatic N) is 4. The van der Waals surface area contributed by atoms with Gasteiger partial charge in [0.15, 0.2) is 5.01 Å². The third-order valence-electron chi connectivity index (χ3n) is 5.79. The predicted octanol–water partition coefficient (Wildman–Crippen LogP) is 1.89. The molecule has 3 heterocycles. The molecule has 2 amide bonds. The topological polar surface area (TPSA) is 126 Å². The Morgan fingerprint density at radius 3 is 2.63 bits per heavy atom. The molecule has 1 aliphatic carbocycles. The SMILES string of the molecule is CC(=O)NC1[C@@H]2CC[C@@H]1CN(c1nnc(-c3cnc(Cl)cc3N[C@H](C)C(N)=O)s1)C2.